The topological polar surface area (TPSA) is 81.9 Å². The molecule has 2 heterocycles. The largest absolute Gasteiger partial charge is 0.394 e. The molecule has 6 heteroatoms. The van der Waals surface area contributed by atoms with Crippen molar-refractivity contribution in [1.82, 2.24) is 19.6 Å². The molecular formula is C19H25N5O. The molecule has 3 aromatic rings. The van der Waals surface area contributed by atoms with E-state index in [9.17, 15) is 0 Å². The minimum Gasteiger partial charge on any atom is -0.394 e. The second-order valence-electron chi connectivity index (χ2n) is 7.01. The Bertz CT molecular complexity index is 844. The maximum absolute atomic E-state index is 9.02. The average Bonchev–Trinajstić information content (AvgIpc) is 3.28. The first kappa shape index (κ1) is 16.3. The smallest absolute Gasteiger partial charge is 0.0929 e. The summed E-state index contributed by atoms with van der Waals surface area (Å²) in [6.07, 6.45) is 10.7. The maximum atomic E-state index is 9.02. The third-order valence-corrected chi connectivity index (χ3v) is 5.34. The molecule has 1 aliphatic rings. The van der Waals surface area contributed by atoms with Crippen LogP contribution in [0.15, 0.2) is 36.8 Å². The highest BCUT2D eigenvalue weighted by molar-refractivity contribution is 5.83. The number of fused-ring (bicyclic) bond motifs is 1. The molecule has 132 valence electrons. The lowest BCUT2D eigenvalue weighted by Gasteiger charge is -2.27. The Morgan fingerprint density at radius 1 is 1.12 bits per heavy atom. The Morgan fingerprint density at radius 2 is 1.96 bits per heavy atom. The molecule has 1 aliphatic carbocycles. The first-order valence-corrected chi connectivity index (χ1v) is 9.09. The Labute approximate surface area is 147 Å². The SMILES string of the molecule is NCC1CCC(n2cc3ccc(-c4cnn(CCO)c4)cc3n2)CC1. The van der Waals surface area contributed by atoms with Crippen LogP contribution in [0.1, 0.15) is 31.7 Å². The van der Waals surface area contributed by atoms with Crippen molar-refractivity contribution in [1.29, 1.82) is 0 Å². The lowest BCUT2D eigenvalue weighted by molar-refractivity contribution is 0.266. The number of nitrogens with two attached hydrogens (primary N) is 1. The van der Waals surface area contributed by atoms with Crippen molar-refractivity contribution in [2.75, 3.05) is 13.2 Å². The number of hydrogen-bond donors (Lipinski definition) is 2. The molecule has 2 aromatic heterocycles. The van der Waals surface area contributed by atoms with E-state index in [1.807, 2.05) is 12.4 Å². The summed E-state index contributed by atoms with van der Waals surface area (Å²) in [7, 11) is 0. The summed E-state index contributed by atoms with van der Waals surface area (Å²) in [6.45, 7) is 1.42. The van der Waals surface area contributed by atoms with Crippen molar-refractivity contribution in [3.63, 3.8) is 0 Å². The van der Waals surface area contributed by atoms with Crippen molar-refractivity contribution < 1.29 is 5.11 Å². The molecule has 1 aromatic carbocycles. The van der Waals surface area contributed by atoms with Gasteiger partial charge in [-0.15, -0.1) is 0 Å². The predicted molar refractivity (Wildman–Crippen MR) is 98.1 cm³/mol. The van der Waals surface area contributed by atoms with E-state index in [1.165, 1.54) is 18.2 Å². The van der Waals surface area contributed by atoms with Crippen LogP contribution in [0.25, 0.3) is 22.0 Å². The zero-order valence-corrected chi connectivity index (χ0v) is 14.4. The molecule has 1 saturated carbocycles. The summed E-state index contributed by atoms with van der Waals surface area (Å²) in [5.74, 6) is 0.684. The molecule has 0 saturated heterocycles. The lowest BCUT2D eigenvalue weighted by Crippen LogP contribution is -2.23. The molecule has 0 unspecified atom stereocenters. The fraction of sp³-hybridized carbons (Fsp3) is 0.474. The number of aliphatic hydroxyl groups is 1. The van der Waals surface area contributed by atoms with Crippen molar-refractivity contribution in [2.24, 2.45) is 11.7 Å². The van der Waals surface area contributed by atoms with Crippen LogP contribution in [0, 0.1) is 5.92 Å². The van der Waals surface area contributed by atoms with Crippen LogP contribution in [0.5, 0.6) is 0 Å². The molecule has 3 N–H and O–H groups in total. The zero-order chi connectivity index (χ0) is 17.2. The first-order chi connectivity index (χ1) is 12.3. The van der Waals surface area contributed by atoms with Crippen molar-refractivity contribution in [3.8, 4) is 11.1 Å². The standard InChI is InChI=1S/C19H25N5O/c20-10-14-1-5-18(6-2-14)24-13-16-4-3-15(9-19(16)22-24)17-11-21-23(12-17)7-8-25/h3-4,9,11-14,18,25H,1-2,5-8,10,20H2. The number of aliphatic hydroxyl groups excluding tert-OH is 1. The minimum atomic E-state index is 0.0942. The second kappa shape index (κ2) is 6.98. The van der Waals surface area contributed by atoms with Crippen molar-refractivity contribution in [3.05, 3.63) is 36.8 Å². The summed E-state index contributed by atoms with van der Waals surface area (Å²) in [6, 6.07) is 6.85. The van der Waals surface area contributed by atoms with Crippen LogP contribution in [-0.2, 0) is 6.54 Å². The zero-order valence-electron chi connectivity index (χ0n) is 14.4. The van der Waals surface area contributed by atoms with Gasteiger partial charge in [-0.2, -0.15) is 10.2 Å². The van der Waals surface area contributed by atoms with Crippen LogP contribution < -0.4 is 5.73 Å². The van der Waals surface area contributed by atoms with E-state index >= 15 is 0 Å². The van der Waals surface area contributed by atoms with Crippen LogP contribution in [0.4, 0.5) is 0 Å². The summed E-state index contributed by atoms with van der Waals surface area (Å²) in [5, 5.41) is 19.3. The average molecular weight is 339 g/mol. The third kappa shape index (κ3) is 3.32. The van der Waals surface area contributed by atoms with Gasteiger partial charge in [-0.1, -0.05) is 12.1 Å². The fourth-order valence-electron chi connectivity index (χ4n) is 3.78. The van der Waals surface area contributed by atoms with Crippen molar-refractivity contribution >= 4 is 10.9 Å². The predicted octanol–water partition coefficient (Wildman–Crippen LogP) is 2.58. The molecule has 1 fully saturated rings. The van der Waals surface area contributed by atoms with Gasteiger partial charge in [-0.3, -0.25) is 9.36 Å². The van der Waals surface area contributed by atoms with E-state index < -0.39 is 0 Å². The maximum Gasteiger partial charge on any atom is 0.0929 e. The first-order valence-electron chi connectivity index (χ1n) is 9.09. The molecule has 4 rings (SSSR count). The van der Waals surface area contributed by atoms with Crippen LogP contribution in [-0.4, -0.2) is 37.8 Å². The van der Waals surface area contributed by atoms with Crippen LogP contribution in [0.2, 0.25) is 0 Å². The van der Waals surface area contributed by atoms with E-state index in [4.69, 9.17) is 15.9 Å². The molecule has 0 spiro atoms. The van der Waals surface area contributed by atoms with Gasteiger partial charge >= 0.3 is 0 Å². The van der Waals surface area contributed by atoms with Gasteiger partial charge in [0.15, 0.2) is 0 Å². The van der Waals surface area contributed by atoms with Gasteiger partial charge in [0.2, 0.25) is 0 Å². The highest BCUT2D eigenvalue weighted by Crippen LogP contribution is 2.32. The van der Waals surface area contributed by atoms with Gasteiger partial charge in [0.25, 0.3) is 0 Å². The lowest BCUT2D eigenvalue weighted by atomic mass is 9.86. The number of hydrogen-bond acceptors (Lipinski definition) is 4. The Morgan fingerprint density at radius 3 is 2.72 bits per heavy atom. The summed E-state index contributed by atoms with van der Waals surface area (Å²) < 4.78 is 3.91. The second-order valence-corrected chi connectivity index (χ2v) is 7.01. The molecule has 6 nitrogen and oxygen atoms in total. The monoisotopic (exact) mass is 339 g/mol. The van der Waals surface area contributed by atoms with Crippen LogP contribution >= 0.6 is 0 Å². The van der Waals surface area contributed by atoms with Gasteiger partial charge in [0.05, 0.1) is 30.9 Å². The summed E-state index contributed by atoms with van der Waals surface area (Å²) >= 11 is 0. The highest BCUT2D eigenvalue weighted by Gasteiger charge is 2.22. The Hall–Kier alpha value is -2.18. The van der Waals surface area contributed by atoms with Crippen LogP contribution in [0.3, 0.4) is 0 Å². The Balaban J connectivity index is 1.57. The Kier molecular flexibility index (Phi) is 4.55. The summed E-state index contributed by atoms with van der Waals surface area (Å²) in [4.78, 5) is 0. The molecule has 0 aliphatic heterocycles. The summed E-state index contributed by atoms with van der Waals surface area (Å²) in [5.41, 5.74) is 8.97. The third-order valence-electron chi connectivity index (χ3n) is 5.34. The van der Waals surface area contributed by atoms with E-state index in [2.05, 4.69) is 34.2 Å². The fourth-order valence-corrected chi connectivity index (χ4v) is 3.78. The van der Waals surface area contributed by atoms with Gasteiger partial charge in [0.1, 0.15) is 0 Å². The van der Waals surface area contributed by atoms with Crippen molar-refractivity contribution in [2.45, 2.75) is 38.3 Å². The minimum absolute atomic E-state index is 0.0942. The molecule has 0 radical (unpaired) electrons. The molecule has 0 bridgehead atoms. The van der Waals surface area contributed by atoms with Gasteiger partial charge in [-0.25, -0.2) is 0 Å². The quantitative estimate of drug-likeness (QED) is 0.748. The number of rotatable bonds is 5. The molecule has 25 heavy (non-hydrogen) atoms. The van der Waals surface area contributed by atoms with E-state index in [1.54, 1.807) is 4.68 Å². The normalized spacial score (nSPS) is 21.0. The van der Waals surface area contributed by atoms with E-state index in [-0.39, 0.29) is 6.61 Å². The molecule has 0 amide bonds. The highest BCUT2D eigenvalue weighted by atomic mass is 16.3. The molecular weight excluding hydrogens is 314 g/mol. The number of aromatic nitrogens is 4. The number of benzene rings is 1. The van der Waals surface area contributed by atoms with Gasteiger partial charge in [-0.05, 0) is 49.8 Å². The van der Waals surface area contributed by atoms with E-state index in [0.717, 1.165) is 36.0 Å². The van der Waals surface area contributed by atoms with Gasteiger partial charge < -0.3 is 10.8 Å². The van der Waals surface area contributed by atoms with E-state index in [0.29, 0.717) is 18.5 Å². The van der Waals surface area contributed by atoms with Gasteiger partial charge in [0, 0.05) is 23.3 Å². The molecule has 0 atom stereocenters. The number of nitrogens with zero attached hydrogens (tertiary/aromatic N) is 4.